The lowest BCUT2D eigenvalue weighted by atomic mass is 10.00. The van der Waals surface area contributed by atoms with Gasteiger partial charge in [-0.15, -0.1) is 0 Å². The minimum absolute atomic E-state index is 0.139. The molecule has 0 radical (unpaired) electrons. The molecular formula is C19H29NO4. The number of amides is 1. The van der Waals surface area contributed by atoms with E-state index in [2.05, 4.69) is 5.32 Å². The van der Waals surface area contributed by atoms with Gasteiger partial charge in [0, 0.05) is 0 Å². The summed E-state index contributed by atoms with van der Waals surface area (Å²) in [4.78, 5) is 23.9. The van der Waals surface area contributed by atoms with Gasteiger partial charge in [-0.1, -0.05) is 50.6 Å². The first-order valence-corrected chi connectivity index (χ1v) is 8.40. The van der Waals surface area contributed by atoms with Crippen LogP contribution in [0.3, 0.4) is 0 Å². The zero-order valence-corrected chi connectivity index (χ0v) is 15.3. The van der Waals surface area contributed by atoms with Gasteiger partial charge in [0.1, 0.15) is 12.2 Å². The van der Waals surface area contributed by atoms with Crippen LogP contribution in [0, 0.1) is 5.92 Å². The predicted molar refractivity (Wildman–Crippen MR) is 93.7 cm³/mol. The maximum Gasteiger partial charge on any atom is 0.408 e. The van der Waals surface area contributed by atoms with Crippen molar-refractivity contribution in [3.05, 3.63) is 35.9 Å². The van der Waals surface area contributed by atoms with E-state index in [0.29, 0.717) is 0 Å². The Labute approximate surface area is 144 Å². The monoisotopic (exact) mass is 335 g/mol. The van der Waals surface area contributed by atoms with Crippen LogP contribution in [0.4, 0.5) is 4.79 Å². The van der Waals surface area contributed by atoms with E-state index >= 15 is 0 Å². The maximum atomic E-state index is 12.0. The van der Waals surface area contributed by atoms with Gasteiger partial charge in [0.15, 0.2) is 0 Å². The van der Waals surface area contributed by atoms with Crippen molar-refractivity contribution in [3.8, 4) is 0 Å². The second-order valence-corrected chi connectivity index (χ2v) is 6.98. The quantitative estimate of drug-likeness (QED) is 0.772. The van der Waals surface area contributed by atoms with E-state index in [9.17, 15) is 9.59 Å². The summed E-state index contributed by atoms with van der Waals surface area (Å²) in [6, 6.07) is 9.16. The minimum atomic E-state index is -0.561. The number of hydrogen-bond acceptors (Lipinski definition) is 4. The minimum Gasteiger partial charge on any atom is -0.463 e. The van der Waals surface area contributed by atoms with Crippen molar-refractivity contribution >= 4 is 12.1 Å². The standard InChI is InChI=1S/C19H29NO4/c1-6-14(2)16(20-18(22)24-19(3,4)5)13-23-17(21)12-15-10-8-7-9-11-15/h7-11,14,16H,6,12-13H2,1-5H3,(H,20,22). The molecule has 0 heterocycles. The molecule has 0 aliphatic rings. The van der Waals surface area contributed by atoms with E-state index in [1.165, 1.54) is 0 Å². The number of carbonyl (C=O) groups is 2. The number of rotatable bonds is 7. The highest BCUT2D eigenvalue weighted by Crippen LogP contribution is 2.12. The highest BCUT2D eigenvalue weighted by molar-refractivity contribution is 5.72. The van der Waals surface area contributed by atoms with Gasteiger partial charge in [-0.3, -0.25) is 4.79 Å². The molecule has 1 rings (SSSR count). The Morgan fingerprint density at radius 3 is 2.33 bits per heavy atom. The Bertz CT molecular complexity index is 522. The number of ether oxygens (including phenoxy) is 2. The lowest BCUT2D eigenvalue weighted by Gasteiger charge is -2.26. The van der Waals surface area contributed by atoms with E-state index < -0.39 is 11.7 Å². The van der Waals surface area contributed by atoms with Crippen molar-refractivity contribution in [2.75, 3.05) is 6.61 Å². The largest absolute Gasteiger partial charge is 0.463 e. The second kappa shape index (κ2) is 9.30. The first-order chi connectivity index (χ1) is 11.2. The van der Waals surface area contributed by atoms with E-state index in [1.54, 1.807) is 0 Å². The maximum absolute atomic E-state index is 12.0. The van der Waals surface area contributed by atoms with Crippen LogP contribution >= 0.6 is 0 Å². The molecule has 0 aromatic heterocycles. The molecule has 0 fully saturated rings. The molecule has 0 aliphatic heterocycles. The summed E-state index contributed by atoms with van der Waals surface area (Å²) in [5.74, 6) is -0.137. The van der Waals surface area contributed by atoms with Gasteiger partial charge in [-0.05, 0) is 32.3 Å². The third kappa shape index (κ3) is 7.99. The van der Waals surface area contributed by atoms with Crippen molar-refractivity contribution in [2.45, 2.75) is 59.1 Å². The number of hydrogen-bond donors (Lipinski definition) is 1. The molecular weight excluding hydrogens is 306 g/mol. The summed E-state index contributed by atoms with van der Waals surface area (Å²) in [5, 5.41) is 2.81. The first kappa shape index (κ1) is 20.0. The van der Waals surface area contributed by atoms with Gasteiger partial charge < -0.3 is 14.8 Å². The lowest BCUT2D eigenvalue weighted by molar-refractivity contribution is -0.144. The number of alkyl carbamates (subject to hydrolysis) is 1. The zero-order chi connectivity index (χ0) is 18.2. The van der Waals surface area contributed by atoms with Crippen molar-refractivity contribution in [1.82, 2.24) is 5.32 Å². The molecule has 0 saturated carbocycles. The normalized spacial score (nSPS) is 13.7. The van der Waals surface area contributed by atoms with Crippen molar-refractivity contribution in [3.63, 3.8) is 0 Å². The smallest absolute Gasteiger partial charge is 0.408 e. The Balaban J connectivity index is 2.53. The molecule has 1 amide bonds. The van der Waals surface area contributed by atoms with E-state index in [-0.39, 0.29) is 31.0 Å². The average molecular weight is 335 g/mol. The van der Waals surface area contributed by atoms with Crippen LogP contribution < -0.4 is 5.32 Å². The Morgan fingerprint density at radius 2 is 1.79 bits per heavy atom. The summed E-state index contributed by atoms with van der Waals surface area (Å²) in [6.07, 6.45) is 0.587. The van der Waals surface area contributed by atoms with E-state index in [1.807, 2.05) is 65.0 Å². The van der Waals surface area contributed by atoms with Crippen LogP contribution in [0.5, 0.6) is 0 Å². The molecule has 5 nitrogen and oxygen atoms in total. The van der Waals surface area contributed by atoms with Crippen LogP contribution in [0.1, 0.15) is 46.6 Å². The highest BCUT2D eigenvalue weighted by atomic mass is 16.6. The van der Waals surface area contributed by atoms with Gasteiger partial charge in [-0.2, -0.15) is 0 Å². The summed E-state index contributed by atoms with van der Waals surface area (Å²) >= 11 is 0. The molecule has 1 N–H and O–H groups in total. The molecule has 0 spiro atoms. The third-order valence-corrected chi connectivity index (χ3v) is 3.65. The van der Waals surface area contributed by atoms with Crippen molar-refractivity contribution < 1.29 is 19.1 Å². The van der Waals surface area contributed by atoms with Crippen LogP contribution in [0.15, 0.2) is 30.3 Å². The van der Waals surface area contributed by atoms with Gasteiger partial charge >= 0.3 is 12.1 Å². The van der Waals surface area contributed by atoms with Crippen LogP contribution in [-0.4, -0.2) is 30.3 Å². The molecule has 5 heteroatoms. The topological polar surface area (TPSA) is 64.6 Å². The molecule has 2 atom stereocenters. The molecule has 1 aromatic rings. The summed E-state index contributed by atoms with van der Waals surface area (Å²) in [6.45, 7) is 9.60. The number of carbonyl (C=O) groups excluding carboxylic acids is 2. The van der Waals surface area contributed by atoms with E-state index in [4.69, 9.17) is 9.47 Å². The fourth-order valence-electron chi connectivity index (χ4n) is 2.09. The summed E-state index contributed by atoms with van der Waals surface area (Å²) < 4.78 is 10.6. The summed E-state index contributed by atoms with van der Waals surface area (Å²) in [5.41, 5.74) is 0.344. The third-order valence-electron chi connectivity index (χ3n) is 3.65. The lowest BCUT2D eigenvalue weighted by Crippen LogP contribution is -2.45. The zero-order valence-electron chi connectivity index (χ0n) is 15.3. The van der Waals surface area contributed by atoms with Crippen molar-refractivity contribution in [1.29, 1.82) is 0 Å². The van der Waals surface area contributed by atoms with Gasteiger partial charge in [-0.25, -0.2) is 4.79 Å². The van der Waals surface area contributed by atoms with Crippen LogP contribution in [0.2, 0.25) is 0 Å². The van der Waals surface area contributed by atoms with Gasteiger partial charge in [0.05, 0.1) is 12.5 Å². The highest BCUT2D eigenvalue weighted by Gasteiger charge is 2.23. The molecule has 1 aromatic carbocycles. The first-order valence-electron chi connectivity index (χ1n) is 8.40. The average Bonchev–Trinajstić information content (AvgIpc) is 2.49. The predicted octanol–water partition coefficient (Wildman–Crippen LogP) is 3.71. The van der Waals surface area contributed by atoms with Crippen LogP contribution in [0.25, 0.3) is 0 Å². The Morgan fingerprint density at radius 1 is 1.17 bits per heavy atom. The molecule has 2 unspecified atom stereocenters. The second-order valence-electron chi connectivity index (χ2n) is 6.98. The fourth-order valence-corrected chi connectivity index (χ4v) is 2.09. The SMILES string of the molecule is CCC(C)C(COC(=O)Cc1ccccc1)NC(=O)OC(C)(C)C. The molecule has 0 bridgehead atoms. The van der Waals surface area contributed by atoms with Gasteiger partial charge in [0.25, 0.3) is 0 Å². The van der Waals surface area contributed by atoms with E-state index in [0.717, 1.165) is 12.0 Å². The summed E-state index contributed by atoms with van der Waals surface area (Å²) in [7, 11) is 0. The molecule has 24 heavy (non-hydrogen) atoms. The molecule has 0 saturated heterocycles. The molecule has 134 valence electrons. The number of benzene rings is 1. The Kier molecular flexibility index (Phi) is 7.75. The Hall–Kier alpha value is -2.04. The van der Waals surface area contributed by atoms with Crippen LogP contribution in [-0.2, 0) is 20.7 Å². The number of esters is 1. The van der Waals surface area contributed by atoms with Gasteiger partial charge in [0.2, 0.25) is 0 Å². The molecule has 0 aliphatic carbocycles. The fraction of sp³-hybridized carbons (Fsp3) is 0.579. The number of nitrogens with one attached hydrogen (secondary N) is 1. The van der Waals surface area contributed by atoms with Crippen molar-refractivity contribution in [2.24, 2.45) is 5.92 Å².